The van der Waals surface area contributed by atoms with E-state index in [9.17, 15) is 14.9 Å². The van der Waals surface area contributed by atoms with Crippen LogP contribution in [0.15, 0.2) is 48.5 Å². The predicted octanol–water partition coefficient (Wildman–Crippen LogP) is 4.09. The van der Waals surface area contributed by atoms with Crippen molar-refractivity contribution in [2.24, 2.45) is 0 Å². The molecule has 4 rings (SSSR count). The zero-order valence-corrected chi connectivity index (χ0v) is 15.3. The van der Waals surface area contributed by atoms with E-state index in [-0.39, 0.29) is 11.3 Å². The summed E-state index contributed by atoms with van der Waals surface area (Å²) < 4.78 is 1.74. The van der Waals surface area contributed by atoms with Gasteiger partial charge in [0.25, 0.3) is 11.6 Å². The van der Waals surface area contributed by atoms with Crippen LogP contribution in [0, 0.1) is 17.0 Å². The van der Waals surface area contributed by atoms with Gasteiger partial charge >= 0.3 is 0 Å². The molecule has 136 valence electrons. The topological polar surface area (TPSA) is 90.1 Å². The summed E-state index contributed by atoms with van der Waals surface area (Å²) in [4.78, 5) is 23.2. The Hall–Kier alpha value is -3.13. The summed E-state index contributed by atoms with van der Waals surface area (Å²) in [5.74, 6) is 1.80. The maximum atomic E-state index is 12.8. The number of hydrogen-bond acceptors (Lipinski definition) is 5. The molecule has 0 aliphatic carbocycles. The number of anilines is 1. The van der Waals surface area contributed by atoms with Gasteiger partial charge in [-0.2, -0.15) is 16.9 Å². The molecule has 2 aromatic carbocycles. The second-order valence-electron chi connectivity index (χ2n) is 6.28. The van der Waals surface area contributed by atoms with E-state index in [1.165, 1.54) is 18.2 Å². The summed E-state index contributed by atoms with van der Waals surface area (Å²) in [6.07, 6.45) is 0. The predicted molar refractivity (Wildman–Crippen MR) is 104 cm³/mol. The van der Waals surface area contributed by atoms with E-state index in [0.29, 0.717) is 5.82 Å². The minimum atomic E-state index is -0.512. The zero-order chi connectivity index (χ0) is 19.0. The number of fused-ring (bicyclic) bond motifs is 1. The minimum absolute atomic E-state index is 0.115. The Labute approximate surface area is 159 Å². The van der Waals surface area contributed by atoms with Crippen LogP contribution in [0.4, 0.5) is 11.5 Å². The van der Waals surface area contributed by atoms with Crippen molar-refractivity contribution in [3.8, 4) is 5.69 Å². The molecule has 0 saturated carbocycles. The lowest BCUT2D eigenvalue weighted by Crippen LogP contribution is -2.16. The Bertz CT molecular complexity index is 1060. The number of amides is 1. The third-order valence-electron chi connectivity index (χ3n) is 4.35. The summed E-state index contributed by atoms with van der Waals surface area (Å²) in [5, 5.41) is 18.6. The Kier molecular flexibility index (Phi) is 4.41. The number of non-ortho nitro benzene ring substituents is 1. The molecular weight excluding hydrogens is 364 g/mol. The molecule has 0 bridgehead atoms. The van der Waals surface area contributed by atoms with Crippen LogP contribution in [0.1, 0.15) is 27.2 Å². The smallest absolute Gasteiger partial charge is 0.270 e. The second-order valence-corrected chi connectivity index (χ2v) is 7.26. The van der Waals surface area contributed by atoms with Crippen LogP contribution in [-0.4, -0.2) is 20.6 Å². The number of carbonyl (C=O) groups is 1. The average Bonchev–Trinajstić information content (AvgIpc) is 3.24. The van der Waals surface area contributed by atoms with Crippen molar-refractivity contribution < 1.29 is 9.72 Å². The molecule has 0 atom stereocenters. The first kappa shape index (κ1) is 17.3. The van der Waals surface area contributed by atoms with Gasteiger partial charge in [-0.15, -0.1) is 0 Å². The molecule has 3 aromatic rings. The van der Waals surface area contributed by atoms with Gasteiger partial charge in [0.15, 0.2) is 0 Å². The van der Waals surface area contributed by atoms with E-state index in [0.717, 1.165) is 34.0 Å². The van der Waals surface area contributed by atoms with Crippen molar-refractivity contribution in [2.75, 3.05) is 5.32 Å². The van der Waals surface area contributed by atoms with Gasteiger partial charge in [-0.25, -0.2) is 4.68 Å². The monoisotopic (exact) mass is 380 g/mol. The molecular formula is C19H16N4O3S. The van der Waals surface area contributed by atoms with Crippen LogP contribution in [-0.2, 0) is 11.5 Å². The van der Waals surface area contributed by atoms with Crippen molar-refractivity contribution in [2.45, 2.75) is 18.4 Å². The highest BCUT2D eigenvalue weighted by Gasteiger charge is 2.25. The number of aromatic nitrogens is 2. The van der Waals surface area contributed by atoms with Gasteiger partial charge in [0.2, 0.25) is 0 Å². The molecule has 2 heterocycles. The van der Waals surface area contributed by atoms with Crippen LogP contribution >= 0.6 is 11.8 Å². The van der Waals surface area contributed by atoms with Gasteiger partial charge in [0, 0.05) is 34.8 Å². The lowest BCUT2D eigenvalue weighted by atomic mass is 10.2. The fraction of sp³-hybridized carbons (Fsp3) is 0.158. The van der Waals surface area contributed by atoms with Crippen LogP contribution in [0.2, 0.25) is 0 Å². The van der Waals surface area contributed by atoms with Gasteiger partial charge < -0.3 is 5.32 Å². The maximum absolute atomic E-state index is 12.8. The van der Waals surface area contributed by atoms with E-state index in [1.807, 2.05) is 31.2 Å². The Morgan fingerprint density at radius 1 is 1.22 bits per heavy atom. The lowest BCUT2D eigenvalue weighted by Gasteiger charge is -2.11. The van der Waals surface area contributed by atoms with Crippen LogP contribution in [0.3, 0.4) is 0 Å². The van der Waals surface area contributed by atoms with Crippen LogP contribution in [0.5, 0.6) is 0 Å². The molecule has 7 nitrogen and oxygen atoms in total. The normalized spacial score (nSPS) is 12.6. The first-order valence-corrected chi connectivity index (χ1v) is 9.50. The van der Waals surface area contributed by atoms with Gasteiger partial charge in [-0.05, 0) is 30.7 Å². The standard InChI is InChI=1S/C19H16N4O3S/c1-12-4-2-6-14(8-12)22-18(16-10-27-11-17(16)21-22)20-19(24)13-5-3-7-15(9-13)23(25)26/h2-9H,10-11H2,1H3,(H,20,24). The van der Waals surface area contributed by atoms with E-state index in [4.69, 9.17) is 0 Å². The highest BCUT2D eigenvalue weighted by molar-refractivity contribution is 7.98. The number of nitrogens with one attached hydrogen (secondary N) is 1. The van der Waals surface area contributed by atoms with Crippen molar-refractivity contribution in [3.63, 3.8) is 0 Å². The van der Waals surface area contributed by atoms with Gasteiger partial charge in [-0.3, -0.25) is 14.9 Å². The lowest BCUT2D eigenvalue weighted by molar-refractivity contribution is -0.384. The molecule has 27 heavy (non-hydrogen) atoms. The van der Waals surface area contributed by atoms with Crippen LogP contribution in [0.25, 0.3) is 5.69 Å². The van der Waals surface area contributed by atoms with Gasteiger partial charge in [-0.1, -0.05) is 18.2 Å². The third-order valence-corrected chi connectivity index (χ3v) is 5.32. The average molecular weight is 380 g/mol. The summed E-state index contributed by atoms with van der Waals surface area (Å²) >= 11 is 1.74. The van der Waals surface area contributed by atoms with E-state index in [1.54, 1.807) is 22.5 Å². The number of thioether (sulfide) groups is 1. The molecule has 0 spiro atoms. The van der Waals surface area contributed by atoms with Crippen molar-refractivity contribution in [3.05, 3.63) is 81.0 Å². The summed E-state index contributed by atoms with van der Waals surface area (Å²) in [5.41, 5.74) is 4.03. The maximum Gasteiger partial charge on any atom is 0.270 e. The third kappa shape index (κ3) is 3.31. The minimum Gasteiger partial charge on any atom is -0.306 e. The number of benzene rings is 2. The fourth-order valence-corrected chi connectivity index (χ4v) is 4.06. The Balaban J connectivity index is 1.72. The molecule has 0 unspecified atom stereocenters. The number of aryl methyl sites for hydroxylation is 1. The number of nitro groups is 1. The SMILES string of the molecule is Cc1cccc(-n2nc3c(c2NC(=O)c2cccc([N+](=O)[O-])c2)CSC3)c1. The van der Waals surface area contributed by atoms with E-state index >= 15 is 0 Å². The summed E-state index contributed by atoms with van der Waals surface area (Å²) in [6.45, 7) is 2.00. The molecule has 0 radical (unpaired) electrons. The molecule has 1 aliphatic heterocycles. The van der Waals surface area contributed by atoms with E-state index < -0.39 is 10.8 Å². The van der Waals surface area contributed by atoms with Crippen molar-refractivity contribution in [1.82, 2.24) is 9.78 Å². The Morgan fingerprint density at radius 3 is 2.81 bits per heavy atom. The van der Waals surface area contributed by atoms with Gasteiger partial charge in [0.05, 0.1) is 16.3 Å². The molecule has 1 aliphatic rings. The molecule has 0 fully saturated rings. The molecule has 0 saturated heterocycles. The number of nitro benzene ring substituents is 1. The van der Waals surface area contributed by atoms with Crippen LogP contribution < -0.4 is 5.32 Å². The first-order valence-electron chi connectivity index (χ1n) is 8.34. The largest absolute Gasteiger partial charge is 0.306 e. The number of carbonyl (C=O) groups excluding carboxylic acids is 1. The quantitative estimate of drug-likeness (QED) is 0.544. The second kappa shape index (κ2) is 6.88. The zero-order valence-electron chi connectivity index (χ0n) is 14.5. The van der Waals surface area contributed by atoms with E-state index in [2.05, 4.69) is 10.4 Å². The highest BCUT2D eigenvalue weighted by atomic mass is 32.2. The van der Waals surface area contributed by atoms with Crippen molar-refractivity contribution >= 4 is 29.2 Å². The molecule has 1 amide bonds. The first-order chi connectivity index (χ1) is 13.0. The summed E-state index contributed by atoms with van der Waals surface area (Å²) in [7, 11) is 0. The number of nitrogens with zero attached hydrogens (tertiary/aromatic N) is 3. The molecule has 8 heteroatoms. The summed E-state index contributed by atoms with van der Waals surface area (Å²) in [6, 6.07) is 13.6. The molecule has 1 aromatic heterocycles. The number of hydrogen-bond donors (Lipinski definition) is 1. The van der Waals surface area contributed by atoms with Gasteiger partial charge in [0.1, 0.15) is 5.82 Å². The number of rotatable bonds is 4. The highest BCUT2D eigenvalue weighted by Crippen LogP contribution is 2.36. The van der Waals surface area contributed by atoms with Crippen molar-refractivity contribution in [1.29, 1.82) is 0 Å². The Morgan fingerprint density at radius 2 is 2.04 bits per heavy atom. The molecule has 1 N–H and O–H groups in total. The fourth-order valence-electron chi connectivity index (χ4n) is 3.03.